The number of nitrogens with zero attached hydrogens (tertiary/aromatic N) is 2. The number of rotatable bonds is 4. The molecule has 0 saturated heterocycles. The lowest BCUT2D eigenvalue weighted by Gasteiger charge is -2.09. The van der Waals surface area contributed by atoms with Gasteiger partial charge in [0, 0.05) is 5.69 Å². The average molecular weight is 334 g/mol. The molecule has 118 valence electrons. The van der Waals surface area contributed by atoms with Crippen LogP contribution in [0.25, 0.3) is 11.0 Å². The molecule has 0 bridgehead atoms. The molecule has 0 spiro atoms. The van der Waals surface area contributed by atoms with Gasteiger partial charge in [-0.25, -0.2) is 9.37 Å². The maximum absolute atomic E-state index is 13.1. The SMILES string of the molecule is O=C(Cn1c(CO)nc2ccccc21)Nc1ccc(F)c(Cl)c1. The number of hydrogen-bond donors (Lipinski definition) is 2. The largest absolute Gasteiger partial charge is 0.388 e. The Hall–Kier alpha value is -2.44. The number of aliphatic hydroxyl groups excluding tert-OH is 1. The van der Waals surface area contributed by atoms with Gasteiger partial charge in [-0.3, -0.25) is 4.79 Å². The van der Waals surface area contributed by atoms with Crippen LogP contribution in [0.4, 0.5) is 10.1 Å². The number of para-hydroxylation sites is 2. The van der Waals surface area contributed by atoms with Crippen molar-refractivity contribution in [1.29, 1.82) is 0 Å². The van der Waals surface area contributed by atoms with Crippen LogP contribution in [0.1, 0.15) is 5.82 Å². The minimum atomic E-state index is -0.548. The zero-order valence-corrected chi connectivity index (χ0v) is 12.7. The van der Waals surface area contributed by atoms with Crippen molar-refractivity contribution >= 4 is 34.2 Å². The van der Waals surface area contributed by atoms with E-state index in [0.717, 1.165) is 5.52 Å². The van der Waals surface area contributed by atoms with E-state index in [2.05, 4.69) is 10.3 Å². The van der Waals surface area contributed by atoms with E-state index in [1.165, 1.54) is 18.2 Å². The van der Waals surface area contributed by atoms with Gasteiger partial charge in [-0.2, -0.15) is 0 Å². The van der Waals surface area contributed by atoms with E-state index in [0.29, 0.717) is 17.0 Å². The topological polar surface area (TPSA) is 67.2 Å². The lowest BCUT2D eigenvalue weighted by atomic mass is 10.3. The predicted octanol–water partition coefficient (Wildman–Crippen LogP) is 2.96. The second-order valence-corrected chi connectivity index (χ2v) is 5.35. The average Bonchev–Trinajstić information content (AvgIpc) is 2.89. The Bertz CT molecular complexity index is 879. The molecule has 1 aromatic heterocycles. The van der Waals surface area contributed by atoms with E-state index in [1.54, 1.807) is 4.57 Å². The third-order valence-electron chi connectivity index (χ3n) is 3.38. The molecule has 0 radical (unpaired) electrons. The van der Waals surface area contributed by atoms with Crippen molar-refractivity contribution in [3.8, 4) is 0 Å². The van der Waals surface area contributed by atoms with Gasteiger partial charge >= 0.3 is 0 Å². The highest BCUT2D eigenvalue weighted by molar-refractivity contribution is 6.31. The Labute approximate surface area is 136 Å². The number of anilines is 1. The molecular formula is C16H13ClFN3O2. The maximum Gasteiger partial charge on any atom is 0.244 e. The standard InChI is InChI=1S/C16H13ClFN3O2/c17-11-7-10(5-6-12(11)18)19-16(23)8-21-14-4-2-1-3-13(14)20-15(21)9-22/h1-7,22H,8-9H2,(H,19,23). The summed E-state index contributed by atoms with van der Waals surface area (Å²) in [4.78, 5) is 16.5. The molecule has 0 aliphatic carbocycles. The molecule has 1 amide bonds. The molecule has 3 aromatic rings. The second-order valence-electron chi connectivity index (χ2n) is 4.94. The van der Waals surface area contributed by atoms with E-state index in [1.807, 2.05) is 24.3 Å². The number of aromatic nitrogens is 2. The summed E-state index contributed by atoms with van der Waals surface area (Å²) in [5.41, 5.74) is 1.86. The van der Waals surface area contributed by atoms with E-state index >= 15 is 0 Å². The number of nitrogens with one attached hydrogen (secondary N) is 1. The molecule has 7 heteroatoms. The number of aliphatic hydroxyl groups is 1. The quantitative estimate of drug-likeness (QED) is 0.771. The fraction of sp³-hybridized carbons (Fsp3) is 0.125. The molecule has 0 fully saturated rings. The van der Waals surface area contributed by atoms with Crippen LogP contribution in [0, 0.1) is 5.82 Å². The highest BCUT2D eigenvalue weighted by Crippen LogP contribution is 2.20. The van der Waals surface area contributed by atoms with E-state index in [9.17, 15) is 14.3 Å². The predicted molar refractivity (Wildman–Crippen MR) is 85.7 cm³/mol. The summed E-state index contributed by atoms with van der Waals surface area (Å²) in [7, 11) is 0. The van der Waals surface area contributed by atoms with Crippen LogP contribution in [0.2, 0.25) is 5.02 Å². The third kappa shape index (κ3) is 3.18. The molecule has 0 unspecified atom stereocenters. The molecule has 5 nitrogen and oxygen atoms in total. The minimum Gasteiger partial charge on any atom is -0.388 e. The first-order chi connectivity index (χ1) is 11.1. The number of carbonyl (C=O) groups excluding carboxylic acids is 1. The Balaban J connectivity index is 1.83. The van der Waals surface area contributed by atoms with Crippen LogP contribution in [-0.4, -0.2) is 20.6 Å². The number of fused-ring (bicyclic) bond motifs is 1. The van der Waals surface area contributed by atoms with Crippen LogP contribution in [-0.2, 0) is 17.9 Å². The van der Waals surface area contributed by atoms with Gasteiger partial charge in [0.05, 0.1) is 16.1 Å². The summed E-state index contributed by atoms with van der Waals surface area (Å²) in [5, 5.41) is 12.0. The Kier molecular flexibility index (Phi) is 4.27. The first-order valence-electron chi connectivity index (χ1n) is 6.88. The lowest BCUT2D eigenvalue weighted by Crippen LogP contribution is -2.20. The summed E-state index contributed by atoms with van der Waals surface area (Å²) >= 11 is 5.69. The fourth-order valence-corrected chi connectivity index (χ4v) is 2.52. The van der Waals surface area contributed by atoms with Crippen molar-refractivity contribution in [3.05, 3.63) is 59.1 Å². The lowest BCUT2D eigenvalue weighted by molar-refractivity contribution is -0.116. The van der Waals surface area contributed by atoms with E-state index in [4.69, 9.17) is 11.6 Å². The number of imidazole rings is 1. The van der Waals surface area contributed by atoms with Crippen molar-refractivity contribution in [3.63, 3.8) is 0 Å². The van der Waals surface area contributed by atoms with Gasteiger partial charge in [-0.1, -0.05) is 23.7 Å². The fourth-order valence-electron chi connectivity index (χ4n) is 2.34. The molecule has 1 heterocycles. The summed E-state index contributed by atoms with van der Waals surface area (Å²) in [6.45, 7) is -0.296. The number of benzene rings is 2. The van der Waals surface area contributed by atoms with Gasteiger partial charge in [0.25, 0.3) is 0 Å². The van der Waals surface area contributed by atoms with Gasteiger partial charge in [0.1, 0.15) is 24.8 Å². The number of amides is 1. The minimum absolute atomic E-state index is 0.0224. The highest BCUT2D eigenvalue weighted by atomic mass is 35.5. The van der Waals surface area contributed by atoms with Gasteiger partial charge < -0.3 is 15.0 Å². The number of hydrogen-bond acceptors (Lipinski definition) is 3. The van der Waals surface area contributed by atoms with Crippen molar-refractivity contribution < 1.29 is 14.3 Å². The molecule has 23 heavy (non-hydrogen) atoms. The smallest absolute Gasteiger partial charge is 0.244 e. The highest BCUT2D eigenvalue weighted by Gasteiger charge is 2.13. The molecule has 2 N–H and O–H groups in total. The molecule has 0 aliphatic rings. The van der Waals surface area contributed by atoms with Crippen LogP contribution in [0.3, 0.4) is 0 Å². The number of halogens is 2. The molecule has 0 atom stereocenters. The first-order valence-corrected chi connectivity index (χ1v) is 7.26. The summed E-state index contributed by atoms with van der Waals surface area (Å²) in [6, 6.07) is 11.3. The molecule has 3 rings (SSSR count). The normalized spacial score (nSPS) is 10.9. The monoisotopic (exact) mass is 333 g/mol. The summed E-state index contributed by atoms with van der Waals surface area (Å²) < 4.78 is 14.8. The Morgan fingerprint density at radius 1 is 1.30 bits per heavy atom. The van der Waals surface area contributed by atoms with Gasteiger partial charge in [0.15, 0.2) is 0 Å². The third-order valence-corrected chi connectivity index (χ3v) is 3.67. The molecule has 0 aliphatic heterocycles. The van der Waals surface area contributed by atoms with E-state index in [-0.39, 0.29) is 24.1 Å². The van der Waals surface area contributed by atoms with Gasteiger partial charge in [-0.15, -0.1) is 0 Å². The van der Waals surface area contributed by atoms with Gasteiger partial charge in [-0.05, 0) is 30.3 Å². The van der Waals surface area contributed by atoms with Crippen LogP contribution in [0.15, 0.2) is 42.5 Å². The Morgan fingerprint density at radius 3 is 2.83 bits per heavy atom. The van der Waals surface area contributed by atoms with E-state index < -0.39 is 5.82 Å². The Morgan fingerprint density at radius 2 is 2.09 bits per heavy atom. The van der Waals surface area contributed by atoms with Crippen LogP contribution < -0.4 is 5.32 Å². The van der Waals surface area contributed by atoms with Crippen molar-refractivity contribution in [2.45, 2.75) is 13.2 Å². The zero-order valence-electron chi connectivity index (χ0n) is 12.0. The molecular weight excluding hydrogens is 321 g/mol. The molecule has 0 saturated carbocycles. The van der Waals surface area contributed by atoms with Crippen molar-refractivity contribution in [2.75, 3.05) is 5.32 Å². The summed E-state index contributed by atoms with van der Waals surface area (Å²) in [5.74, 6) is -0.475. The van der Waals surface area contributed by atoms with Gasteiger partial charge in [0.2, 0.25) is 5.91 Å². The number of carbonyl (C=O) groups is 1. The molecule has 2 aromatic carbocycles. The summed E-state index contributed by atoms with van der Waals surface area (Å²) in [6.07, 6.45) is 0. The second kappa shape index (κ2) is 6.36. The maximum atomic E-state index is 13.1. The van der Waals surface area contributed by atoms with Crippen LogP contribution >= 0.6 is 11.6 Å². The van der Waals surface area contributed by atoms with Crippen LogP contribution in [0.5, 0.6) is 0 Å². The zero-order chi connectivity index (χ0) is 16.4. The van der Waals surface area contributed by atoms with Crippen molar-refractivity contribution in [1.82, 2.24) is 9.55 Å². The van der Waals surface area contributed by atoms with Crippen molar-refractivity contribution in [2.24, 2.45) is 0 Å². The first kappa shape index (κ1) is 15.5.